The molecule has 1 aromatic rings. The molecule has 1 fully saturated rings. The first-order valence-corrected chi connectivity index (χ1v) is 4.83. The van der Waals surface area contributed by atoms with Gasteiger partial charge >= 0.3 is 0 Å². The second kappa shape index (κ2) is 3.49. The van der Waals surface area contributed by atoms with Crippen LogP contribution in [0.3, 0.4) is 0 Å². The van der Waals surface area contributed by atoms with E-state index in [4.69, 9.17) is 5.73 Å². The maximum absolute atomic E-state index is 11.8. The van der Waals surface area contributed by atoms with Crippen LogP contribution in [0.15, 0.2) is 6.20 Å². The molecule has 1 aromatic heterocycles. The van der Waals surface area contributed by atoms with Gasteiger partial charge in [0, 0.05) is 19.0 Å². The van der Waals surface area contributed by atoms with E-state index in [2.05, 4.69) is 10.2 Å². The van der Waals surface area contributed by atoms with Crippen molar-refractivity contribution in [2.45, 2.75) is 25.3 Å². The third kappa shape index (κ3) is 1.68. The summed E-state index contributed by atoms with van der Waals surface area (Å²) >= 11 is 0. The largest absolute Gasteiger partial charge is 0.328 e. The number of nitrogens with two attached hydrogens (primary N) is 1. The third-order valence-electron chi connectivity index (χ3n) is 2.70. The highest BCUT2D eigenvalue weighted by Gasteiger charge is 2.29. The van der Waals surface area contributed by atoms with E-state index < -0.39 is 0 Å². The number of Topliss-reactive ketones (excluding diaryl/α,β-unsaturated/α-hetero) is 1. The molecule has 2 rings (SSSR count). The van der Waals surface area contributed by atoms with Gasteiger partial charge in [-0.2, -0.15) is 15.0 Å². The lowest BCUT2D eigenvalue weighted by Gasteiger charge is -2.04. The van der Waals surface area contributed by atoms with Crippen molar-refractivity contribution >= 4 is 5.78 Å². The lowest BCUT2D eigenvalue weighted by molar-refractivity contribution is 0.0916. The first-order valence-electron chi connectivity index (χ1n) is 4.83. The molecule has 1 saturated carbocycles. The molecule has 0 aliphatic heterocycles. The fraction of sp³-hybridized carbons (Fsp3) is 0.667. The summed E-state index contributed by atoms with van der Waals surface area (Å²) in [7, 11) is 1.71. The topological polar surface area (TPSA) is 73.8 Å². The van der Waals surface area contributed by atoms with E-state index in [1.54, 1.807) is 7.05 Å². The zero-order valence-electron chi connectivity index (χ0n) is 8.18. The summed E-state index contributed by atoms with van der Waals surface area (Å²) in [5.74, 6) is 0.146. The van der Waals surface area contributed by atoms with E-state index in [0.29, 0.717) is 5.69 Å². The van der Waals surface area contributed by atoms with Gasteiger partial charge in [-0.1, -0.05) is 0 Å². The summed E-state index contributed by atoms with van der Waals surface area (Å²) < 4.78 is 0. The summed E-state index contributed by atoms with van der Waals surface area (Å²) in [5, 5.41) is 7.88. The quantitative estimate of drug-likeness (QED) is 0.679. The molecule has 2 unspecified atom stereocenters. The molecule has 0 saturated heterocycles. The molecule has 0 spiro atoms. The first kappa shape index (κ1) is 9.33. The highest BCUT2D eigenvalue weighted by atomic mass is 16.1. The lowest BCUT2D eigenvalue weighted by Crippen LogP contribution is -2.18. The van der Waals surface area contributed by atoms with Crippen LogP contribution in [0.4, 0.5) is 0 Å². The normalized spacial score (nSPS) is 26.7. The number of aryl methyl sites for hydroxylation is 1. The van der Waals surface area contributed by atoms with Crippen molar-refractivity contribution in [3.63, 3.8) is 0 Å². The number of carbonyl (C=O) groups is 1. The number of hydrogen-bond donors (Lipinski definition) is 1. The smallest absolute Gasteiger partial charge is 0.187 e. The molecule has 14 heavy (non-hydrogen) atoms. The molecule has 5 heteroatoms. The Morgan fingerprint density at radius 2 is 2.43 bits per heavy atom. The van der Waals surface area contributed by atoms with E-state index in [-0.39, 0.29) is 17.7 Å². The minimum Gasteiger partial charge on any atom is -0.328 e. The Morgan fingerprint density at radius 3 is 2.93 bits per heavy atom. The molecule has 76 valence electrons. The highest BCUT2D eigenvalue weighted by molar-refractivity contribution is 5.95. The molecule has 1 aliphatic carbocycles. The van der Waals surface area contributed by atoms with Gasteiger partial charge in [0.1, 0.15) is 5.69 Å². The van der Waals surface area contributed by atoms with Crippen LogP contribution in [0.2, 0.25) is 0 Å². The fourth-order valence-electron chi connectivity index (χ4n) is 1.92. The van der Waals surface area contributed by atoms with Gasteiger partial charge < -0.3 is 5.73 Å². The van der Waals surface area contributed by atoms with Gasteiger partial charge in [-0.05, 0) is 19.3 Å². The van der Waals surface area contributed by atoms with E-state index in [1.807, 2.05) is 0 Å². The summed E-state index contributed by atoms with van der Waals surface area (Å²) in [4.78, 5) is 13.2. The number of aromatic nitrogens is 3. The van der Waals surface area contributed by atoms with E-state index in [9.17, 15) is 4.79 Å². The summed E-state index contributed by atoms with van der Waals surface area (Å²) in [5.41, 5.74) is 6.22. The number of rotatable bonds is 2. The third-order valence-corrected chi connectivity index (χ3v) is 2.70. The van der Waals surface area contributed by atoms with Gasteiger partial charge in [-0.25, -0.2) is 0 Å². The molecule has 0 amide bonds. The van der Waals surface area contributed by atoms with Crippen LogP contribution >= 0.6 is 0 Å². The molecular weight excluding hydrogens is 180 g/mol. The summed E-state index contributed by atoms with van der Waals surface area (Å²) in [6.45, 7) is 0. The summed E-state index contributed by atoms with van der Waals surface area (Å²) in [6, 6.07) is 0.181. The zero-order chi connectivity index (χ0) is 10.1. The maximum atomic E-state index is 11.8. The predicted molar refractivity (Wildman–Crippen MR) is 50.6 cm³/mol. The van der Waals surface area contributed by atoms with Crippen molar-refractivity contribution in [2.75, 3.05) is 0 Å². The Bertz CT molecular complexity index is 346. The lowest BCUT2D eigenvalue weighted by atomic mass is 10.0. The Morgan fingerprint density at radius 1 is 1.64 bits per heavy atom. The average molecular weight is 194 g/mol. The Labute approximate surface area is 82.3 Å². The van der Waals surface area contributed by atoms with Crippen molar-refractivity contribution in [1.82, 2.24) is 15.0 Å². The van der Waals surface area contributed by atoms with Gasteiger partial charge in [0.25, 0.3) is 0 Å². The number of nitrogens with zero attached hydrogens (tertiary/aromatic N) is 3. The maximum Gasteiger partial charge on any atom is 0.187 e. The van der Waals surface area contributed by atoms with Gasteiger partial charge in [0.05, 0.1) is 6.20 Å². The van der Waals surface area contributed by atoms with Crippen LogP contribution in [0.1, 0.15) is 29.8 Å². The Hall–Kier alpha value is -1.23. The second-order valence-corrected chi connectivity index (χ2v) is 3.85. The van der Waals surface area contributed by atoms with Gasteiger partial charge in [-0.3, -0.25) is 4.79 Å². The van der Waals surface area contributed by atoms with Crippen molar-refractivity contribution in [1.29, 1.82) is 0 Å². The second-order valence-electron chi connectivity index (χ2n) is 3.85. The van der Waals surface area contributed by atoms with Crippen LogP contribution in [0.25, 0.3) is 0 Å². The zero-order valence-corrected chi connectivity index (χ0v) is 8.18. The number of carbonyl (C=O) groups excluding carboxylic acids is 1. The van der Waals surface area contributed by atoms with Gasteiger partial charge in [0.15, 0.2) is 5.78 Å². The molecule has 2 atom stereocenters. The molecule has 1 aliphatic rings. The Balaban J connectivity index is 2.09. The van der Waals surface area contributed by atoms with Crippen LogP contribution in [-0.4, -0.2) is 26.8 Å². The minimum absolute atomic E-state index is 0.0571. The standard InChI is InChI=1S/C9H14N4O/c1-13-11-5-8(12-13)9(14)6-2-3-7(10)4-6/h5-7H,2-4,10H2,1H3. The average Bonchev–Trinajstić information content (AvgIpc) is 2.73. The Kier molecular flexibility index (Phi) is 2.33. The van der Waals surface area contributed by atoms with Gasteiger partial charge in [0.2, 0.25) is 0 Å². The van der Waals surface area contributed by atoms with Gasteiger partial charge in [-0.15, -0.1) is 0 Å². The predicted octanol–water partition coefficient (Wildman–Crippen LogP) is 0.125. The summed E-state index contributed by atoms with van der Waals surface area (Å²) in [6.07, 6.45) is 4.13. The number of hydrogen-bond acceptors (Lipinski definition) is 4. The molecular formula is C9H14N4O. The van der Waals surface area contributed by atoms with Crippen LogP contribution < -0.4 is 5.73 Å². The van der Waals surface area contributed by atoms with Crippen LogP contribution in [0.5, 0.6) is 0 Å². The van der Waals surface area contributed by atoms with Crippen LogP contribution in [0, 0.1) is 5.92 Å². The highest BCUT2D eigenvalue weighted by Crippen LogP contribution is 2.26. The van der Waals surface area contributed by atoms with Crippen molar-refractivity contribution in [3.05, 3.63) is 11.9 Å². The van der Waals surface area contributed by atoms with Crippen molar-refractivity contribution in [3.8, 4) is 0 Å². The van der Waals surface area contributed by atoms with E-state index >= 15 is 0 Å². The SMILES string of the molecule is Cn1ncc(C(=O)C2CCC(N)C2)n1. The molecule has 0 bridgehead atoms. The van der Waals surface area contributed by atoms with Crippen molar-refractivity contribution in [2.24, 2.45) is 18.7 Å². The van der Waals surface area contributed by atoms with Crippen LogP contribution in [-0.2, 0) is 7.05 Å². The van der Waals surface area contributed by atoms with Crippen molar-refractivity contribution < 1.29 is 4.79 Å². The van der Waals surface area contributed by atoms with E-state index in [1.165, 1.54) is 11.0 Å². The monoisotopic (exact) mass is 194 g/mol. The molecule has 0 aromatic carbocycles. The fourth-order valence-corrected chi connectivity index (χ4v) is 1.92. The minimum atomic E-state index is 0.0571. The molecule has 2 N–H and O–H groups in total. The first-order chi connectivity index (χ1) is 6.66. The molecule has 1 heterocycles. The molecule has 0 radical (unpaired) electrons. The van der Waals surface area contributed by atoms with E-state index in [0.717, 1.165) is 19.3 Å². The molecule has 5 nitrogen and oxygen atoms in total. The number of ketones is 1.